The van der Waals surface area contributed by atoms with E-state index >= 15 is 0 Å². The summed E-state index contributed by atoms with van der Waals surface area (Å²) in [7, 11) is 3.20. The van der Waals surface area contributed by atoms with Gasteiger partial charge in [0.2, 0.25) is 0 Å². The molecule has 0 unspecified atom stereocenters. The topological polar surface area (TPSA) is 59.1 Å². The van der Waals surface area contributed by atoms with Crippen LogP contribution in [0.25, 0.3) is 5.57 Å². The van der Waals surface area contributed by atoms with Crippen molar-refractivity contribution in [3.05, 3.63) is 40.5 Å². The van der Waals surface area contributed by atoms with E-state index in [0.29, 0.717) is 54.7 Å². The zero-order chi connectivity index (χ0) is 18.4. The number of imide groups is 1. The second-order valence-electron chi connectivity index (χ2n) is 5.56. The zero-order valence-electron chi connectivity index (χ0n) is 14.8. The maximum atomic E-state index is 12.9. The number of nitrogens with zero attached hydrogens (tertiary/aromatic N) is 2. The van der Waals surface area contributed by atoms with Gasteiger partial charge < -0.3 is 14.4 Å². The van der Waals surface area contributed by atoms with Crippen LogP contribution in [0.3, 0.4) is 0 Å². The van der Waals surface area contributed by atoms with Gasteiger partial charge in [0.05, 0.1) is 18.8 Å². The molecule has 1 heterocycles. The second-order valence-corrected chi connectivity index (χ2v) is 5.99. The lowest BCUT2D eigenvalue weighted by molar-refractivity contribution is -0.137. The first-order valence-electron chi connectivity index (χ1n) is 8.14. The van der Waals surface area contributed by atoms with Gasteiger partial charge in [-0.05, 0) is 24.6 Å². The highest BCUT2D eigenvalue weighted by Gasteiger charge is 2.40. The smallest absolute Gasteiger partial charge is 0.277 e. The van der Waals surface area contributed by atoms with Crippen LogP contribution in [0.4, 0.5) is 0 Å². The lowest BCUT2D eigenvalue weighted by atomic mass is 10.0. The average molecular weight is 367 g/mol. The monoisotopic (exact) mass is 366 g/mol. The van der Waals surface area contributed by atoms with Gasteiger partial charge in [-0.3, -0.25) is 14.5 Å². The van der Waals surface area contributed by atoms with Gasteiger partial charge in [0.1, 0.15) is 5.70 Å². The summed E-state index contributed by atoms with van der Waals surface area (Å²) in [6, 6.07) is 6.94. The molecule has 1 aliphatic heterocycles. The summed E-state index contributed by atoms with van der Waals surface area (Å²) >= 11 is 5.95. The van der Waals surface area contributed by atoms with E-state index in [9.17, 15) is 9.59 Å². The van der Waals surface area contributed by atoms with Gasteiger partial charge in [-0.25, -0.2) is 0 Å². The third kappa shape index (κ3) is 4.21. The standard InChI is InChI=1S/C18H23ClN2O4/c1-4-21-17(22)15(13-5-7-14(19)8-6-13)16(18(21)23)20(9-11-24-2)10-12-25-3/h5-8H,4,9-12H2,1-3H3. The first-order valence-corrected chi connectivity index (χ1v) is 8.52. The minimum absolute atomic E-state index is 0.287. The summed E-state index contributed by atoms with van der Waals surface area (Å²) in [4.78, 5) is 28.8. The molecular weight excluding hydrogens is 344 g/mol. The number of halogens is 1. The molecule has 0 fully saturated rings. The summed E-state index contributed by atoms with van der Waals surface area (Å²) in [5.74, 6) is -0.575. The van der Waals surface area contributed by atoms with Crippen LogP contribution in [0.5, 0.6) is 0 Å². The Labute approximate surface area is 152 Å². The number of carbonyl (C=O) groups excluding carboxylic acids is 2. The van der Waals surface area contributed by atoms with Gasteiger partial charge in [-0.15, -0.1) is 0 Å². The minimum atomic E-state index is -0.287. The van der Waals surface area contributed by atoms with Gasteiger partial charge in [0, 0.05) is 38.9 Å². The third-order valence-corrected chi connectivity index (χ3v) is 4.29. The van der Waals surface area contributed by atoms with E-state index < -0.39 is 0 Å². The molecule has 1 aliphatic rings. The van der Waals surface area contributed by atoms with Crippen LogP contribution in [0.2, 0.25) is 5.02 Å². The highest BCUT2D eigenvalue weighted by Crippen LogP contribution is 2.32. The number of amides is 2. The summed E-state index contributed by atoms with van der Waals surface area (Å²) in [6.45, 7) is 3.96. The van der Waals surface area contributed by atoms with Crippen LogP contribution < -0.4 is 0 Å². The first-order chi connectivity index (χ1) is 12.0. The van der Waals surface area contributed by atoms with E-state index in [2.05, 4.69) is 0 Å². The number of hydrogen-bond acceptors (Lipinski definition) is 5. The van der Waals surface area contributed by atoms with Crippen LogP contribution in [0, 0.1) is 0 Å². The average Bonchev–Trinajstić information content (AvgIpc) is 2.86. The van der Waals surface area contributed by atoms with Gasteiger partial charge in [-0.1, -0.05) is 23.7 Å². The summed E-state index contributed by atoms with van der Waals surface area (Å²) in [5.41, 5.74) is 1.47. The molecular formula is C18H23ClN2O4. The Kier molecular flexibility index (Phi) is 6.99. The molecule has 1 aromatic rings. The quantitative estimate of drug-likeness (QED) is 0.626. The van der Waals surface area contributed by atoms with E-state index in [1.54, 1.807) is 45.4 Å². The van der Waals surface area contributed by atoms with E-state index in [4.69, 9.17) is 21.1 Å². The number of methoxy groups -OCH3 is 2. The highest BCUT2D eigenvalue weighted by molar-refractivity contribution is 6.36. The Morgan fingerprint density at radius 1 is 1.00 bits per heavy atom. The van der Waals surface area contributed by atoms with Crippen molar-refractivity contribution in [2.45, 2.75) is 6.92 Å². The molecule has 0 N–H and O–H groups in total. The predicted octanol–water partition coefficient (Wildman–Crippen LogP) is 2.03. The van der Waals surface area contributed by atoms with Crippen molar-refractivity contribution in [2.75, 3.05) is 47.1 Å². The van der Waals surface area contributed by atoms with Crippen LogP contribution in [-0.4, -0.2) is 68.7 Å². The maximum absolute atomic E-state index is 12.9. The predicted molar refractivity (Wildman–Crippen MR) is 96.1 cm³/mol. The highest BCUT2D eigenvalue weighted by atomic mass is 35.5. The SMILES string of the molecule is CCN1C(=O)C(c2ccc(Cl)cc2)=C(N(CCOC)CCOC)C1=O. The minimum Gasteiger partial charge on any atom is -0.383 e. The molecule has 7 heteroatoms. The third-order valence-electron chi connectivity index (χ3n) is 4.04. The van der Waals surface area contributed by atoms with E-state index in [0.717, 1.165) is 0 Å². The van der Waals surface area contributed by atoms with Crippen molar-refractivity contribution in [2.24, 2.45) is 0 Å². The summed E-state index contributed by atoms with van der Waals surface area (Å²) in [6.07, 6.45) is 0. The Morgan fingerprint density at radius 3 is 2.04 bits per heavy atom. The zero-order valence-corrected chi connectivity index (χ0v) is 15.5. The van der Waals surface area contributed by atoms with Crippen LogP contribution in [-0.2, 0) is 19.1 Å². The summed E-state index contributed by atoms with van der Waals surface area (Å²) < 4.78 is 10.3. The molecule has 0 saturated heterocycles. The van der Waals surface area contributed by atoms with Crippen molar-refractivity contribution >= 4 is 29.0 Å². The Morgan fingerprint density at radius 2 is 1.56 bits per heavy atom. The van der Waals surface area contributed by atoms with Crippen molar-refractivity contribution < 1.29 is 19.1 Å². The molecule has 0 saturated carbocycles. The van der Waals surface area contributed by atoms with E-state index in [1.165, 1.54) is 4.90 Å². The van der Waals surface area contributed by atoms with Gasteiger partial charge in [0.25, 0.3) is 11.8 Å². The molecule has 2 amide bonds. The molecule has 0 radical (unpaired) electrons. The fraction of sp³-hybridized carbons (Fsp3) is 0.444. The number of hydrogen-bond donors (Lipinski definition) is 0. The normalized spacial score (nSPS) is 14.6. The molecule has 2 rings (SSSR count). The van der Waals surface area contributed by atoms with Crippen molar-refractivity contribution in [3.63, 3.8) is 0 Å². The fourth-order valence-electron chi connectivity index (χ4n) is 2.76. The van der Waals surface area contributed by atoms with Crippen LogP contribution >= 0.6 is 11.6 Å². The molecule has 0 aromatic heterocycles. The van der Waals surface area contributed by atoms with Crippen LogP contribution in [0.15, 0.2) is 30.0 Å². The van der Waals surface area contributed by atoms with E-state index in [1.807, 2.05) is 4.90 Å². The molecule has 136 valence electrons. The maximum Gasteiger partial charge on any atom is 0.277 e. The molecule has 1 aromatic carbocycles. The number of rotatable bonds is 9. The Balaban J connectivity index is 2.51. The molecule has 0 aliphatic carbocycles. The number of carbonyl (C=O) groups is 2. The molecule has 6 nitrogen and oxygen atoms in total. The lowest BCUT2D eigenvalue weighted by Crippen LogP contribution is -2.37. The molecule has 0 spiro atoms. The fourth-order valence-corrected chi connectivity index (χ4v) is 2.88. The number of likely N-dealkylation sites (N-methyl/N-ethyl adjacent to an activating group) is 1. The lowest BCUT2D eigenvalue weighted by Gasteiger charge is -2.25. The van der Waals surface area contributed by atoms with Gasteiger partial charge in [-0.2, -0.15) is 0 Å². The Hall–Kier alpha value is -1.89. The molecule has 0 bridgehead atoms. The van der Waals surface area contributed by atoms with Crippen molar-refractivity contribution in [3.8, 4) is 0 Å². The van der Waals surface area contributed by atoms with E-state index in [-0.39, 0.29) is 11.8 Å². The van der Waals surface area contributed by atoms with Crippen molar-refractivity contribution in [1.82, 2.24) is 9.80 Å². The number of ether oxygens (including phenoxy) is 2. The molecule has 25 heavy (non-hydrogen) atoms. The molecule has 0 atom stereocenters. The van der Waals surface area contributed by atoms with Gasteiger partial charge >= 0.3 is 0 Å². The largest absolute Gasteiger partial charge is 0.383 e. The van der Waals surface area contributed by atoms with Gasteiger partial charge in [0.15, 0.2) is 0 Å². The summed E-state index contributed by atoms with van der Waals surface area (Å²) in [5, 5.41) is 0.575. The Bertz CT molecular complexity index is 650. The van der Waals surface area contributed by atoms with Crippen LogP contribution in [0.1, 0.15) is 12.5 Å². The van der Waals surface area contributed by atoms with Crippen molar-refractivity contribution in [1.29, 1.82) is 0 Å². The first kappa shape index (κ1) is 19.4. The number of benzene rings is 1. The second kappa shape index (κ2) is 8.99.